The molecule has 0 aromatic heterocycles. The summed E-state index contributed by atoms with van der Waals surface area (Å²) in [5.41, 5.74) is 2.01. The molecule has 184 valence electrons. The van der Waals surface area contributed by atoms with Gasteiger partial charge in [-0.3, -0.25) is 9.59 Å². The van der Waals surface area contributed by atoms with Gasteiger partial charge in [0.25, 0.3) is 5.91 Å². The molecular formula is C25H25ClN2O6S. The Morgan fingerprint density at radius 3 is 2.17 bits per heavy atom. The molecule has 0 aliphatic heterocycles. The van der Waals surface area contributed by atoms with E-state index >= 15 is 0 Å². The van der Waals surface area contributed by atoms with Crippen molar-refractivity contribution >= 4 is 33.5 Å². The molecule has 3 N–H and O–H groups in total. The topological polar surface area (TPSA) is 122 Å². The molecule has 3 aromatic carbocycles. The summed E-state index contributed by atoms with van der Waals surface area (Å²) in [5, 5.41) is 12.8. The highest BCUT2D eigenvalue weighted by atomic mass is 35.5. The van der Waals surface area contributed by atoms with E-state index in [-0.39, 0.29) is 30.2 Å². The van der Waals surface area contributed by atoms with Crippen LogP contribution in [0.4, 0.5) is 0 Å². The molecular weight excluding hydrogens is 492 g/mol. The van der Waals surface area contributed by atoms with Crippen LogP contribution < -0.4 is 14.8 Å². The molecule has 3 rings (SSSR count). The van der Waals surface area contributed by atoms with Gasteiger partial charge >= 0.3 is 5.97 Å². The van der Waals surface area contributed by atoms with Crippen LogP contribution in [0.25, 0.3) is 11.1 Å². The minimum atomic E-state index is -4.07. The number of hydrogen-bond donors (Lipinski definition) is 3. The second-order valence-corrected chi connectivity index (χ2v) is 9.79. The summed E-state index contributed by atoms with van der Waals surface area (Å²) in [6.07, 6.45) is 0.236. The Kier molecular flexibility index (Phi) is 8.86. The number of aliphatic carboxylic acids is 1. The van der Waals surface area contributed by atoms with Gasteiger partial charge in [-0.1, -0.05) is 48.0 Å². The van der Waals surface area contributed by atoms with Crippen molar-refractivity contribution in [3.8, 4) is 16.9 Å². The first-order valence-electron chi connectivity index (χ1n) is 10.7. The Balaban J connectivity index is 1.58. The number of carbonyl (C=O) groups is 2. The highest BCUT2D eigenvalue weighted by molar-refractivity contribution is 7.89. The Bertz CT molecular complexity index is 1280. The van der Waals surface area contributed by atoms with Crippen LogP contribution >= 0.6 is 11.6 Å². The molecule has 8 nitrogen and oxygen atoms in total. The maximum absolute atomic E-state index is 12.8. The van der Waals surface area contributed by atoms with Crippen LogP contribution in [0.1, 0.15) is 23.2 Å². The van der Waals surface area contributed by atoms with Crippen molar-refractivity contribution < 1.29 is 27.9 Å². The fourth-order valence-electron chi connectivity index (χ4n) is 3.39. The summed E-state index contributed by atoms with van der Waals surface area (Å²) in [4.78, 5) is 24.0. The quantitative estimate of drug-likeness (QED) is 0.332. The summed E-state index contributed by atoms with van der Waals surface area (Å²) >= 11 is 5.90. The third kappa shape index (κ3) is 7.05. The van der Waals surface area contributed by atoms with Crippen molar-refractivity contribution in [1.82, 2.24) is 10.0 Å². The van der Waals surface area contributed by atoms with Gasteiger partial charge in [-0.15, -0.1) is 0 Å². The summed E-state index contributed by atoms with van der Waals surface area (Å²) in [7, 11) is -2.61. The van der Waals surface area contributed by atoms with Gasteiger partial charge in [-0.25, -0.2) is 8.42 Å². The number of amides is 1. The second-order valence-electron chi connectivity index (χ2n) is 7.64. The van der Waals surface area contributed by atoms with Crippen LogP contribution in [0, 0.1) is 0 Å². The van der Waals surface area contributed by atoms with E-state index in [4.69, 9.17) is 16.3 Å². The zero-order chi connectivity index (χ0) is 25.4. The zero-order valence-electron chi connectivity index (χ0n) is 18.9. The molecule has 0 aliphatic rings. The number of nitrogens with one attached hydrogen (secondary N) is 2. The molecule has 1 unspecified atom stereocenters. The van der Waals surface area contributed by atoms with Crippen LogP contribution in [0.5, 0.6) is 5.75 Å². The lowest BCUT2D eigenvalue weighted by Crippen LogP contribution is -2.41. The lowest BCUT2D eigenvalue weighted by atomic mass is 10.1. The number of carbonyl (C=O) groups excluding carboxylic acids is 1. The molecule has 0 heterocycles. The molecule has 0 fully saturated rings. The number of para-hydroxylation sites is 1. The normalized spacial score (nSPS) is 12.1. The molecule has 35 heavy (non-hydrogen) atoms. The Morgan fingerprint density at radius 2 is 1.57 bits per heavy atom. The predicted octanol–water partition coefficient (Wildman–Crippen LogP) is 3.96. The van der Waals surface area contributed by atoms with Crippen LogP contribution in [0.15, 0.2) is 77.7 Å². The number of halogens is 1. The summed E-state index contributed by atoms with van der Waals surface area (Å²) in [5.74, 6) is -1.25. The Hall–Kier alpha value is -3.40. The van der Waals surface area contributed by atoms with E-state index in [0.29, 0.717) is 16.3 Å². The lowest BCUT2D eigenvalue weighted by molar-refractivity contribution is -0.139. The van der Waals surface area contributed by atoms with Crippen LogP contribution in [-0.2, 0) is 14.8 Å². The van der Waals surface area contributed by atoms with E-state index in [1.54, 1.807) is 48.5 Å². The van der Waals surface area contributed by atoms with Crippen molar-refractivity contribution in [2.24, 2.45) is 0 Å². The Labute approximate surface area is 208 Å². The molecule has 0 saturated carbocycles. The average Bonchev–Trinajstić information content (AvgIpc) is 2.86. The maximum Gasteiger partial charge on any atom is 0.321 e. The first-order chi connectivity index (χ1) is 16.7. The minimum Gasteiger partial charge on any atom is -0.496 e. The standard InChI is InChI=1S/C25H25ClN2O6S/c1-34-23-7-3-2-5-21(23)24(29)27-16-4-6-22(25(30)31)28-35(32,33)20-14-10-18(11-15-20)17-8-12-19(26)13-9-17/h2-3,5,7-15,22,28H,4,6,16H2,1H3,(H,27,29)(H,30,31). The van der Waals surface area contributed by atoms with Gasteiger partial charge in [0.15, 0.2) is 0 Å². The van der Waals surface area contributed by atoms with E-state index in [9.17, 15) is 23.1 Å². The third-order valence-electron chi connectivity index (χ3n) is 5.24. The van der Waals surface area contributed by atoms with Crippen molar-refractivity contribution in [2.45, 2.75) is 23.8 Å². The lowest BCUT2D eigenvalue weighted by Gasteiger charge is -2.15. The van der Waals surface area contributed by atoms with Gasteiger partial charge in [-0.05, 0) is 60.4 Å². The SMILES string of the molecule is COc1ccccc1C(=O)NCCCC(NS(=O)(=O)c1ccc(-c2ccc(Cl)cc2)cc1)C(=O)O. The van der Waals surface area contributed by atoms with Crippen molar-refractivity contribution in [3.63, 3.8) is 0 Å². The maximum atomic E-state index is 12.8. The third-order valence-corrected chi connectivity index (χ3v) is 6.98. The number of carboxylic acid groups (broad SMARTS) is 1. The van der Waals surface area contributed by atoms with Crippen molar-refractivity contribution in [3.05, 3.63) is 83.4 Å². The van der Waals surface area contributed by atoms with Crippen LogP contribution in [0.2, 0.25) is 5.02 Å². The molecule has 10 heteroatoms. The highest BCUT2D eigenvalue weighted by Crippen LogP contribution is 2.23. The number of carboxylic acids is 1. The van der Waals surface area contributed by atoms with E-state index < -0.39 is 22.0 Å². The van der Waals surface area contributed by atoms with Gasteiger partial charge < -0.3 is 15.2 Å². The molecule has 0 aliphatic carbocycles. The fourth-order valence-corrected chi connectivity index (χ4v) is 4.74. The minimum absolute atomic E-state index is 0.0103. The number of hydrogen-bond acceptors (Lipinski definition) is 5. The molecule has 0 spiro atoms. The Morgan fingerprint density at radius 1 is 0.971 bits per heavy atom. The highest BCUT2D eigenvalue weighted by Gasteiger charge is 2.25. The zero-order valence-corrected chi connectivity index (χ0v) is 20.5. The molecule has 0 saturated heterocycles. The number of rotatable bonds is 11. The number of ether oxygens (including phenoxy) is 1. The molecule has 1 amide bonds. The van der Waals surface area contributed by atoms with Crippen molar-refractivity contribution in [2.75, 3.05) is 13.7 Å². The number of benzene rings is 3. The van der Waals surface area contributed by atoms with E-state index in [1.165, 1.54) is 19.2 Å². The van der Waals surface area contributed by atoms with Gasteiger partial charge in [-0.2, -0.15) is 4.72 Å². The summed E-state index contributed by atoms with van der Waals surface area (Å²) in [6, 6.07) is 18.6. The number of sulfonamides is 1. The number of methoxy groups -OCH3 is 1. The van der Waals surface area contributed by atoms with E-state index in [1.807, 2.05) is 12.1 Å². The smallest absolute Gasteiger partial charge is 0.321 e. The van der Waals surface area contributed by atoms with Gasteiger partial charge in [0.1, 0.15) is 11.8 Å². The summed E-state index contributed by atoms with van der Waals surface area (Å²) < 4.78 is 32.9. The van der Waals surface area contributed by atoms with Gasteiger partial charge in [0, 0.05) is 11.6 Å². The summed E-state index contributed by atoms with van der Waals surface area (Å²) in [6.45, 7) is 0.165. The average molecular weight is 517 g/mol. The molecule has 0 radical (unpaired) electrons. The first kappa shape index (κ1) is 26.2. The van der Waals surface area contributed by atoms with Gasteiger partial charge in [0.2, 0.25) is 10.0 Å². The monoisotopic (exact) mass is 516 g/mol. The first-order valence-corrected chi connectivity index (χ1v) is 12.6. The van der Waals surface area contributed by atoms with Crippen molar-refractivity contribution in [1.29, 1.82) is 0 Å². The largest absolute Gasteiger partial charge is 0.496 e. The molecule has 3 aromatic rings. The second kappa shape index (κ2) is 11.8. The van der Waals surface area contributed by atoms with Crippen LogP contribution in [-0.4, -0.2) is 45.1 Å². The van der Waals surface area contributed by atoms with Gasteiger partial charge in [0.05, 0.1) is 17.6 Å². The fraction of sp³-hybridized carbons (Fsp3) is 0.200. The molecule has 0 bridgehead atoms. The van der Waals surface area contributed by atoms with E-state index in [2.05, 4.69) is 10.0 Å². The molecule has 1 atom stereocenters. The van der Waals surface area contributed by atoms with Crippen LogP contribution in [0.3, 0.4) is 0 Å². The predicted molar refractivity (Wildman–Crippen MR) is 133 cm³/mol. The van der Waals surface area contributed by atoms with E-state index in [0.717, 1.165) is 11.1 Å².